The number of aryl methyl sites for hydroxylation is 2. The molecule has 0 aliphatic carbocycles. The Balaban J connectivity index is 2.87. The average molecular weight is 305 g/mol. The molecule has 0 aromatic heterocycles. The molecule has 0 heterocycles. The Hall–Kier alpha value is -1.01. The number of benzene rings is 1. The van der Waals surface area contributed by atoms with Crippen LogP contribution in [-0.4, -0.2) is 0 Å². The van der Waals surface area contributed by atoms with Gasteiger partial charge in [-0.15, -0.1) is 0 Å². The molecular formula is C20H29Cl. The minimum absolute atomic E-state index is 0.489. The molecule has 0 radical (unpaired) electrons. The maximum Gasteiger partial charge on any atom is 0.0486 e. The summed E-state index contributed by atoms with van der Waals surface area (Å²) < 4.78 is 0. The van der Waals surface area contributed by atoms with Crippen molar-refractivity contribution in [3.63, 3.8) is 0 Å². The summed E-state index contributed by atoms with van der Waals surface area (Å²) in [4.78, 5) is 0. The van der Waals surface area contributed by atoms with Gasteiger partial charge in [0.2, 0.25) is 0 Å². The van der Waals surface area contributed by atoms with Gasteiger partial charge in [-0.2, -0.15) is 0 Å². The Morgan fingerprint density at radius 2 is 1.90 bits per heavy atom. The molecule has 21 heavy (non-hydrogen) atoms. The molecule has 2 atom stereocenters. The largest absolute Gasteiger partial charge is 0.0951 e. The first-order valence-corrected chi connectivity index (χ1v) is 8.27. The summed E-state index contributed by atoms with van der Waals surface area (Å²) in [5, 5.41) is 0.826. The van der Waals surface area contributed by atoms with Gasteiger partial charge in [0, 0.05) is 5.02 Å². The second-order valence-corrected chi connectivity index (χ2v) is 6.85. The lowest BCUT2D eigenvalue weighted by Gasteiger charge is -2.17. The van der Waals surface area contributed by atoms with Gasteiger partial charge in [-0.3, -0.25) is 0 Å². The molecule has 0 saturated carbocycles. The molecule has 0 amide bonds. The molecular weight excluding hydrogens is 276 g/mol. The predicted octanol–water partition coefficient (Wildman–Crippen LogP) is 6.99. The zero-order valence-corrected chi connectivity index (χ0v) is 15.1. The van der Waals surface area contributed by atoms with Crippen molar-refractivity contribution in [2.45, 2.75) is 54.4 Å². The van der Waals surface area contributed by atoms with Gasteiger partial charge in [0.05, 0.1) is 0 Å². The van der Waals surface area contributed by atoms with Crippen LogP contribution in [0.15, 0.2) is 30.4 Å². The van der Waals surface area contributed by atoms with Crippen LogP contribution in [0.5, 0.6) is 0 Å². The molecule has 0 aliphatic rings. The van der Waals surface area contributed by atoms with E-state index < -0.39 is 0 Å². The minimum atomic E-state index is 0.489. The van der Waals surface area contributed by atoms with E-state index in [0.717, 1.165) is 22.6 Å². The van der Waals surface area contributed by atoms with E-state index in [4.69, 9.17) is 11.6 Å². The number of rotatable bonds is 6. The van der Waals surface area contributed by atoms with Gasteiger partial charge in [-0.25, -0.2) is 0 Å². The number of hydrogen-bond donors (Lipinski definition) is 0. The van der Waals surface area contributed by atoms with Crippen LogP contribution >= 0.6 is 11.6 Å². The van der Waals surface area contributed by atoms with E-state index in [1.165, 1.54) is 23.1 Å². The number of hydrogen-bond acceptors (Lipinski definition) is 0. The van der Waals surface area contributed by atoms with E-state index >= 15 is 0 Å². The van der Waals surface area contributed by atoms with E-state index in [2.05, 4.69) is 60.3 Å². The Morgan fingerprint density at radius 3 is 2.43 bits per heavy atom. The number of halogens is 1. The van der Waals surface area contributed by atoms with Gasteiger partial charge in [0.25, 0.3) is 0 Å². The highest BCUT2D eigenvalue weighted by molar-refractivity contribution is 6.32. The third-order valence-corrected chi connectivity index (χ3v) is 4.59. The van der Waals surface area contributed by atoms with E-state index in [0.29, 0.717) is 11.8 Å². The maximum absolute atomic E-state index is 6.42. The van der Waals surface area contributed by atoms with Crippen molar-refractivity contribution in [1.29, 1.82) is 0 Å². The van der Waals surface area contributed by atoms with Crippen LogP contribution < -0.4 is 0 Å². The van der Waals surface area contributed by atoms with Crippen molar-refractivity contribution in [1.82, 2.24) is 0 Å². The van der Waals surface area contributed by atoms with Crippen molar-refractivity contribution >= 4 is 17.2 Å². The Labute approximate surface area is 135 Å². The van der Waals surface area contributed by atoms with Gasteiger partial charge < -0.3 is 0 Å². The monoisotopic (exact) mass is 304 g/mol. The second-order valence-electron chi connectivity index (χ2n) is 6.44. The lowest BCUT2D eigenvalue weighted by Crippen LogP contribution is -2.00. The molecule has 0 saturated heterocycles. The Kier molecular flexibility index (Phi) is 6.74. The molecule has 0 spiro atoms. The highest BCUT2D eigenvalue weighted by Crippen LogP contribution is 2.32. The van der Waals surface area contributed by atoms with Crippen LogP contribution in [0.25, 0.3) is 5.57 Å². The van der Waals surface area contributed by atoms with Crippen molar-refractivity contribution in [3.8, 4) is 0 Å². The fraction of sp³-hybridized carbons (Fsp3) is 0.500. The van der Waals surface area contributed by atoms with Crippen molar-refractivity contribution < 1.29 is 0 Å². The SMILES string of the molecule is C=C(C[C@H](C)/C=C(/C)[C@H](C)CC)c1c(C)cc(C)cc1Cl. The van der Waals surface area contributed by atoms with E-state index in [9.17, 15) is 0 Å². The third kappa shape index (κ3) is 5.04. The second kappa shape index (κ2) is 7.84. The highest BCUT2D eigenvalue weighted by Gasteiger charge is 2.12. The quantitative estimate of drug-likeness (QED) is 0.497. The van der Waals surface area contributed by atoms with Gasteiger partial charge in [0.1, 0.15) is 0 Å². The van der Waals surface area contributed by atoms with Crippen LogP contribution in [0.3, 0.4) is 0 Å². The van der Waals surface area contributed by atoms with Crippen LogP contribution in [0.4, 0.5) is 0 Å². The highest BCUT2D eigenvalue weighted by atomic mass is 35.5. The van der Waals surface area contributed by atoms with Crippen LogP contribution in [-0.2, 0) is 0 Å². The molecule has 0 nitrogen and oxygen atoms in total. The zero-order valence-electron chi connectivity index (χ0n) is 14.4. The third-order valence-electron chi connectivity index (χ3n) is 4.29. The van der Waals surface area contributed by atoms with Gasteiger partial charge in [-0.05, 0) is 73.8 Å². The molecule has 0 aliphatic heterocycles. The Morgan fingerprint density at radius 1 is 1.29 bits per heavy atom. The fourth-order valence-electron chi connectivity index (χ4n) is 2.85. The lowest BCUT2D eigenvalue weighted by atomic mass is 9.90. The standard InChI is InChI=1S/C20H29Cl/c1-8-15(4)16(5)9-13(2)10-17(6)20-18(7)11-14(3)12-19(20)21/h9,11-13,15H,6,8,10H2,1-5,7H3/b16-9-/t13-,15-/m1/s1. The molecule has 0 bridgehead atoms. The zero-order chi connectivity index (χ0) is 16.2. The lowest BCUT2D eigenvalue weighted by molar-refractivity contribution is 0.635. The van der Waals surface area contributed by atoms with Gasteiger partial charge >= 0.3 is 0 Å². The smallest absolute Gasteiger partial charge is 0.0486 e. The fourth-order valence-corrected chi connectivity index (χ4v) is 3.30. The van der Waals surface area contributed by atoms with Gasteiger partial charge in [-0.1, -0.05) is 56.7 Å². The molecule has 0 unspecified atom stereocenters. The van der Waals surface area contributed by atoms with Crippen molar-refractivity contribution in [3.05, 3.63) is 52.1 Å². The van der Waals surface area contributed by atoms with E-state index in [1.807, 2.05) is 6.07 Å². The molecule has 1 aromatic carbocycles. The van der Waals surface area contributed by atoms with Crippen LogP contribution in [0.2, 0.25) is 5.02 Å². The minimum Gasteiger partial charge on any atom is -0.0951 e. The molecule has 1 rings (SSSR count). The van der Waals surface area contributed by atoms with Crippen molar-refractivity contribution in [2.75, 3.05) is 0 Å². The van der Waals surface area contributed by atoms with Gasteiger partial charge in [0.15, 0.2) is 0 Å². The van der Waals surface area contributed by atoms with E-state index in [1.54, 1.807) is 0 Å². The summed E-state index contributed by atoms with van der Waals surface area (Å²) in [6.45, 7) is 17.5. The average Bonchev–Trinajstić information content (AvgIpc) is 2.35. The summed E-state index contributed by atoms with van der Waals surface area (Å²) in [6, 6.07) is 4.21. The first-order valence-electron chi connectivity index (χ1n) is 7.89. The maximum atomic E-state index is 6.42. The summed E-state index contributed by atoms with van der Waals surface area (Å²) in [7, 11) is 0. The van der Waals surface area contributed by atoms with Crippen molar-refractivity contribution in [2.24, 2.45) is 11.8 Å². The first-order chi connectivity index (χ1) is 9.76. The summed E-state index contributed by atoms with van der Waals surface area (Å²) in [6.07, 6.45) is 4.53. The molecule has 0 fully saturated rings. The predicted molar refractivity (Wildman–Crippen MR) is 97.0 cm³/mol. The summed E-state index contributed by atoms with van der Waals surface area (Å²) >= 11 is 6.42. The molecule has 1 heteroatoms. The Bertz CT molecular complexity index is 514. The summed E-state index contributed by atoms with van der Waals surface area (Å²) in [5.74, 6) is 1.15. The molecule has 116 valence electrons. The van der Waals surface area contributed by atoms with Crippen LogP contribution in [0.1, 0.15) is 57.2 Å². The number of allylic oxidation sites excluding steroid dienone is 3. The summed E-state index contributed by atoms with van der Waals surface area (Å²) in [5.41, 5.74) is 6.17. The van der Waals surface area contributed by atoms with Crippen LogP contribution in [0, 0.1) is 25.7 Å². The first kappa shape index (κ1) is 18.0. The van der Waals surface area contributed by atoms with E-state index in [-0.39, 0.29) is 0 Å². The topological polar surface area (TPSA) is 0 Å². The molecule has 1 aromatic rings. The normalized spacial score (nSPS) is 14.9. The molecule has 0 N–H and O–H groups in total.